The standard InChI is InChI=1S/C12H23NO3/c1-13(2)9-10-16-11(14)12(15)7-5-3-4-6-8-12/h15H,3-10H2,1-2H3. The zero-order valence-corrected chi connectivity index (χ0v) is 10.4. The summed E-state index contributed by atoms with van der Waals surface area (Å²) in [5.41, 5.74) is -1.22. The normalized spacial score (nSPS) is 20.5. The number of nitrogens with zero attached hydrogens (tertiary/aromatic N) is 1. The lowest BCUT2D eigenvalue weighted by Crippen LogP contribution is -2.40. The molecule has 0 aliphatic heterocycles. The highest BCUT2D eigenvalue weighted by atomic mass is 16.5. The van der Waals surface area contributed by atoms with Gasteiger partial charge in [-0.1, -0.05) is 12.8 Å². The lowest BCUT2D eigenvalue weighted by molar-refractivity contribution is -0.167. The van der Waals surface area contributed by atoms with E-state index in [-0.39, 0.29) is 0 Å². The van der Waals surface area contributed by atoms with Gasteiger partial charge in [0.05, 0.1) is 0 Å². The van der Waals surface area contributed by atoms with E-state index in [0.29, 0.717) is 26.0 Å². The number of esters is 1. The summed E-state index contributed by atoms with van der Waals surface area (Å²) in [7, 11) is 3.85. The number of ether oxygens (including phenoxy) is 1. The number of likely N-dealkylation sites (N-methyl/N-ethyl adjacent to an activating group) is 1. The minimum atomic E-state index is -1.22. The van der Waals surface area contributed by atoms with Crippen molar-refractivity contribution in [2.75, 3.05) is 27.2 Å². The molecular weight excluding hydrogens is 206 g/mol. The smallest absolute Gasteiger partial charge is 0.338 e. The van der Waals surface area contributed by atoms with Crippen LogP contribution in [-0.4, -0.2) is 48.8 Å². The molecule has 4 nitrogen and oxygen atoms in total. The van der Waals surface area contributed by atoms with Gasteiger partial charge in [0, 0.05) is 6.54 Å². The van der Waals surface area contributed by atoms with E-state index in [1.807, 2.05) is 19.0 Å². The summed E-state index contributed by atoms with van der Waals surface area (Å²) >= 11 is 0. The Balaban J connectivity index is 2.37. The van der Waals surface area contributed by atoms with E-state index in [9.17, 15) is 9.90 Å². The molecule has 1 aliphatic rings. The molecule has 0 amide bonds. The molecule has 0 atom stereocenters. The molecule has 16 heavy (non-hydrogen) atoms. The predicted molar refractivity (Wildman–Crippen MR) is 62.2 cm³/mol. The van der Waals surface area contributed by atoms with Gasteiger partial charge in [-0.2, -0.15) is 0 Å². The van der Waals surface area contributed by atoms with Crippen molar-refractivity contribution in [1.82, 2.24) is 4.90 Å². The lowest BCUT2D eigenvalue weighted by Gasteiger charge is -2.24. The molecule has 0 aromatic rings. The molecule has 0 aromatic heterocycles. The van der Waals surface area contributed by atoms with Crippen LogP contribution in [0, 0.1) is 0 Å². The first-order valence-electron chi connectivity index (χ1n) is 6.09. The molecule has 0 bridgehead atoms. The Morgan fingerprint density at radius 1 is 1.25 bits per heavy atom. The Hall–Kier alpha value is -0.610. The van der Waals surface area contributed by atoms with Gasteiger partial charge < -0.3 is 14.7 Å². The van der Waals surface area contributed by atoms with E-state index in [2.05, 4.69) is 0 Å². The Morgan fingerprint density at radius 2 is 1.81 bits per heavy atom. The van der Waals surface area contributed by atoms with Crippen molar-refractivity contribution >= 4 is 5.97 Å². The van der Waals surface area contributed by atoms with Gasteiger partial charge in [0.15, 0.2) is 5.60 Å². The van der Waals surface area contributed by atoms with Gasteiger partial charge in [-0.15, -0.1) is 0 Å². The Kier molecular flexibility index (Phi) is 5.22. The molecule has 1 N–H and O–H groups in total. The van der Waals surface area contributed by atoms with Gasteiger partial charge in [-0.3, -0.25) is 0 Å². The van der Waals surface area contributed by atoms with Crippen molar-refractivity contribution < 1.29 is 14.6 Å². The maximum Gasteiger partial charge on any atom is 0.338 e. The van der Waals surface area contributed by atoms with Crippen LogP contribution in [0.4, 0.5) is 0 Å². The zero-order chi connectivity index (χ0) is 12.0. The highest BCUT2D eigenvalue weighted by Gasteiger charge is 2.37. The summed E-state index contributed by atoms with van der Waals surface area (Å²) in [5.74, 6) is -0.434. The summed E-state index contributed by atoms with van der Waals surface area (Å²) in [4.78, 5) is 13.7. The second kappa shape index (κ2) is 6.21. The van der Waals surface area contributed by atoms with E-state index in [1.54, 1.807) is 0 Å². The molecule has 4 heteroatoms. The van der Waals surface area contributed by atoms with E-state index in [1.165, 1.54) is 0 Å². The number of rotatable bonds is 4. The van der Waals surface area contributed by atoms with Gasteiger partial charge in [0.1, 0.15) is 6.61 Å². The molecule has 0 aromatic carbocycles. The molecule has 0 radical (unpaired) electrons. The first-order chi connectivity index (χ1) is 7.54. The molecule has 1 aliphatic carbocycles. The van der Waals surface area contributed by atoms with Crippen molar-refractivity contribution in [2.45, 2.75) is 44.1 Å². The number of carbonyl (C=O) groups excluding carboxylic acids is 1. The molecule has 0 spiro atoms. The van der Waals surface area contributed by atoms with E-state index >= 15 is 0 Å². The van der Waals surface area contributed by atoms with Crippen LogP contribution in [-0.2, 0) is 9.53 Å². The van der Waals surface area contributed by atoms with Crippen LogP contribution < -0.4 is 0 Å². The largest absolute Gasteiger partial charge is 0.462 e. The van der Waals surface area contributed by atoms with Crippen LogP contribution in [0.1, 0.15) is 38.5 Å². The Labute approximate surface area is 97.6 Å². The summed E-state index contributed by atoms with van der Waals surface area (Å²) in [6, 6.07) is 0. The van der Waals surface area contributed by atoms with Gasteiger partial charge >= 0.3 is 5.97 Å². The fraction of sp³-hybridized carbons (Fsp3) is 0.917. The molecule has 0 saturated heterocycles. The van der Waals surface area contributed by atoms with Gasteiger partial charge in [0.2, 0.25) is 0 Å². The maximum absolute atomic E-state index is 11.8. The molecule has 0 unspecified atom stereocenters. The topological polar surface area (TPSA) is 49.8 Å². The van der Waals surface area contributed by atoms with Gasteiger partial charge in [-0.05, 0) is 39.8 Å². The second-order valence-electron chi connectivity index (χ2n) is 4.88. The third-order valence-electron chi connectivity index (χ3n) is 3.08. The number of hydrogen-bond donors (Lipinski definition) is 1. The molecule has 94 valence electrons. The SMILES string of the molecule is CN(C)CCOC(=O)C1(O)CCCCCC1. The highest BCUT2D eigenvalue weighted by Crippen LogP contribution is 2.28. The minimum absolute atomic E-state index is 0.355. The van der Waals surface area contributed by atoms with Crippen LogP contribution >= 0.6 is 0 Å². The molecule has 0 heterocycles. The van der Waals surface area contributed by atoms with Crippen molar-refractivity contribution in [2.24, 2.45) is 0 Å². The van der Waals surface area contributed by atoms with Crippen molar-refractivity contribution in [3.05, 3.63) is 0 Å². The van der Waals surface area contributed by atoms with Gasteiger partial charge in [-0.25, -0.2) is 4.79 Å². The summed E-state index contributed by atoms with van der Waals surface area (Å²) < 4.78 is 5.12. The molecule has 1 fully saturated rings. The third-order valence-corrected chi connectivity index (χ3v) is 3.08. The Bertz CT molecular complexity index is 220. The van der Waals surface area contributed by atoms with Gasteiger partial charge in [0.25, 0.3) is 0 Å². The highest BCUT2D eigenvalue weighted by molar-refractivity contribution is 5.79. The van der Waals surface area contributed by atoms with Crippen LogP contribution in [0.3, 0.4) is 0 Å². The fourth-order valence-electron chi connectivity index (χ4n) is 1.97. The minimum Gasteiger partial charge on any atom is -0.462 e. The lowest BCUT2D eigenvalue weighted by atomic mass is 9.95. The number of hydrogen-bond acceptors (Lipinski definition) is 4. The first-order valence-corrected chi connectivity index (χ1v) is 6.09. The fourth-order valence-corrected chi connectivity index (χ4v) is 1.97. The van der Waals surface area contributed by atoms with Crippen LogP contribution in [0.2, 0.25) is 0 Å². The summed E-state index contributed by atoms with van der Waals surface area (Å²) in [5, 5.41) is 10.2. The van der Waals surface area contributed by atoms with E-state index in [0.717, 1.165) is 25.7 Å². The first kappa shape index (κ1) is 13.5. The molecule has 1 saturated carbocycles. The van der Waals surface area contributed by atoms with Crippen LogP contribution in [0.25, 0.3) is 0 Å². The summed E-state index contributed by atoms with van der Waals surface area (Å²) in [6.07, 6.45) is 5.14. The third kappa shape index (κ3) is 4.10. The number of carbonyl (C=O) groups is 1. The van der Waals surface area contributed by atoms with E-state index in [4.69, 9.17) is 4.74 Å². The van der Waals surface area contributed by atoms with E-state index < -0.39 is 11.6 Å². The van der Waals surface area contributed by atoms with Crippen molar-refractivity contribution in [3.63, 3.8) is 0 Å². The monoisotopic (exact) mass is 229 g/mol. The van der Waals surface area contributed by atoms with Crippen molar-refractivity contribution in [1.29, 1.82) is 0 Å². The number of aliphatic hydroxyl groups is 1. The van der Waals surface area contributed by atoms with Crippen LogP contribution in [0.15, 0.2) is 0 Å². The second-order valence-corrected chi connectivity index (χ2v) is 4.88. The zero-order valence-electron chi connectivity index (χ0n) is 10.4. The predicted octanol–water partition coefficient (Wildman–Crippen LogP) is 1.18. The summed E-state index contributed by atoms with van der Waals surface area (Å²) in [6.45, 7) is 1.05. The molecular formula is C12H23NO3. The molecule has 1 rings (SSSR count). The average molecular weight is 229 g/mol. The van der Waals surface area contributed by atoms with Crippen molar-refractivity contribution in [3.8, 4) is 0 Å². The maximum atomic E-state index is 11.8. The van der Waals surface area contributed by atoms with Crippen LogP contribution in [0.5, 0.6) is 0 Å². The quantitative estimate of drug-likeness (QED) is 0.581. The average Bonchev–Trinajstić information content (AvgIpc) is 2.43. The Morgan fingerprint density at radius 3 is 2.31 bits per heavy atom.